The monoisotopic (exact) mass is 263 g/mol. The number of likely N-dealkylation sites (N-methyl/N-ethyl adjacent to an activating group) is 1. The quantitative estimate of drug-likeness (QED) is 0.906. The predicted octanol–water partition coefficient (Wildman–Crippen LogP) is 2.49. The summed E-state index contributed by atoms with van der Waals surface area (Å²) in [5, 5.41) is 9.74. The Hall–Kier alpha value is -1.06. The van der Waals surface area contributed by atoms with E-state index in [0.717, 1.165) is 18.7 Å². The number of ether oxygens (including phenoxy) is 1. The lowest BCUT2D eigenvalue weighted by Crippen LogP contribution is -2.39. The lowest BCUT2D eigenvalue weighted by Gasteiger charge is -2.40. The molecule has 0 radical (unpaired) electrons. The maximum Gasteiger partial charge on any atom is 0.119 e. The Labute approximate surface area is 116 Å². The maximum absolute atomic E-state index is 9.74. The smallest absolute Gasteiger partial charge is 0.119 e. The van der Waals surface area contributed by atoms with Gasteiger partial charge in [-0.2, -0.15) is 0 Å². The summed E-state index contributed by atoms with van der Waals surface area (Å²) in [4.78, 5) is 2.37. The molecule has 3 heteroatoms. The highest BCUT2D eigenvalue weighted by Crippen LogP contribution is 2.38. The molecule has 2 unspecified atom stereocenters. The van der Waals surface area contributed by atoms with E-state index in [1.54, 1.807) is 7.11 Å². The van der Waals surface area contributed by atoms with Gasteiger partial charge in [-0.1, -0.05) is 19.9 Å². The molecular weight excluding hydrogens is 238 g/mol. The number of rotatable bonds is 4. The van der Waals surface area contributed by atoms with Gasteiger partial charge >= 0.3 is 0 Å². The molecule has 3 nitrogen and oxygen atoms in total. The van der Waals surface area contributed by atoms with Crippen LogP contribution in [0.25, 0.3) is 0 Å². The first-order valence-electron chi connectivity index (χ1n) is 7.06. The Morgan fingerprint density at radius 1 is 1.42 bits per heavy atom. The summed E-state index contributed by atoms with van der Waals surface area (Å²) in [6, 6.07) is 6.64. The number of aliphatic hydroxyl groups is 1. The SMILES string of the molecule is COc1ccc2c(c1)CCN(C)C2C(CO)C(C)C. The van der Waals surface area contributed by atoms with E-state index in [1.807, 2.05) is 6.07 Å². The lowest BCUT2D eigenvalue weighted by atomic mass is 9.80. The van der Waals surface area contributed by atoms with Crippen LogP contribution < -0.4 is 4.74 Å². The van der Waals surface area contributed by atoms with Crippen molar-refractivity contribution in [3.8, 4) is 5.75 Å². The fraction of sp³-hybridized carbons (Fsp3) is 0.625. The second kappa shape index (κ2) is 5.93. The van der Waals surface area contributed by atoms with Gasteiger partial charge in [0.25, 0.3) is 0 Å². The van der Waals surface area contributed by atoms with Crippen LogP contribution in [0.5, 0.6) is 5.75 Å². The molecule has 1 heterocycles. The molecule has 1 aromatic carbocycles. The molecule has 1 aliphatic rings. The molecule has 1 aliphatic heterocycles. The molecule has 0 fully saturated rings. The Bertz CT molecular complexity index is 431. The molecule has 1 N–H and O–H groups in total. The summed E-state index contributed by atoms with van der Waals surface area (Å²) < 4.78 is 5.31. The van der Waals surface area contributed by atoms with Crippen molar-refractivity contribution in [2.75, 3.05) is 27.3 Å². The van der Waals surface area contributed by atoms with Crippen molar-refractivity contribution in [3.63, 3.8) is 0 Å². The first-order valence-corrected chi connectivity index (χ1v) is 7.06. The van der Waals surface area contributed by atoms with Gasteiger partial charge in [0.15, 0.2) is 0 Å². The largest absolute Gasteiger partial charge is 0.497 e. The van der Waals surface area contributed by atoms with Crippen LogP contribution in [0.2, 0.25) is 0 Å². The van der Waals surface area contributed by atoms with E-state index in [4.69, 9.17) is 4.74 Å². The number of fused-ring (bicyclic) bond motifs is 1. The van der Waals surface area contributed by atoms with Crippen LogP contribution >= 0.6 is 0 Å². The second-order valence-corrected chi connectivity index (χ2v) is 5.83. The molecule has 106 valence electrons. The van der Waals surface area contributed by atoms with Crippen LogP contribution in [0.15, 0.2) is 18.2 Å². The van der Waals surface area contributed by atoms with Crippen LogP contribution in [-0.4, -0.2) is 37.3 Å². The van der Waals surface area contributed by atoms with Crippen molar-refractivity contribution in [1.82, 2.24) is 4.90 Å². The van der Waals surface area contributed by atoms with Gasteiger partial charge in [0.1, 0.15) is 5.75 Å². The third-order valence-electron chi connectivity index (χ3n) is 4.35. The minimum atomic E-state index is 0.234. The predicted molar refractivity (Wildman–Crippen MR) is 77.5 cm³/mol. The standard InChI is InChI=1S/C16H25NO2/c1-11(2)15(10-18)16-14-6-5-13(19-4)9-12(14)7-8-17(16)3/h5-6,9,11,15-16,18H,7-8,10H2,1-4H3. The molecule has 0 spiro atoms. The number of benzene rings is 1. The average Bonchev–Trinajstić information content (AvgIpc) is 2.41. The van der Waals surface area contributed by atoms with Gasteiger partial charge in [-0.3, -0.25) is 4.90 Å². The highest BCUT2D eigenvalue weighted by atomic mass is 16.5. The Kier molecular flexibility index (Phi) is 4.48. The van der Waals surface area contributed by atoms with Crippen molar-refractivity contribution in [2.24, 2.45) is 11.8 Å². The second-order valence-electron chi connectivity index (χ2n) is 5.83. The fourth-order valence-corrected chi connectivity index (χ4v) is 3.12. The zero-order valence-electron chi connectivity index (χ0n) is 12.4. The number of aliphatic hydroxyl groups excluding tert-OH is 1. The van der Waals surface area contributed by atoms with E-state index in [9.17, 15) is 5.11 Å². The van der Waals surface area contributed by atoms with Crippen molar-refractivity contribution in [3.05, 3.63) is 29.3 Å². The molecule has 0 saturated carbocycles. The van der Waals surface area contributed by atoms with Gasteiger partial charge in [0, 0.05) is 25.1 Å². The molecular formula is C16H25NO2. The Morgan fingerprint density at radius 3 is 2.74 bits per heavy atom. The van der Waals surface area contributed by atoms with E-state index in [0.29, 0.717) is 12.0 Å². The highest BCUT2D eigenvalue weighted by molar-refractivity contribution is 5.39. The minimum Gasteiger partial charge on any atom is -0.497 e. The zero-order valence-corrected chi connectivity index (χ0v) is 12.4. The molecule has 0 saturated heterocycles. The molecule has 0 aliphatic carbocycles. The van der Waals surface area contributed by atoms with Crippen LogP contribution in [0.4, 0.5) is 0 Å². The van der Waals surface area contributed by atoms with Crippen molar-refractivity contribution in [1.29, 1.82) is 0 Å². The molecule has 2 atom stereocenters. The Morgan fingerprint density at radius 2 is 2.16 bits per heavy atom. The fourth-order valence-electron chi connectivity index (χ4n) is 3.12. The summed E-state index contributed by atoms with van der Waals surface area (Å²) in [5.41, 5.74) is 2.71. The molecule has 0 amide bonds. The van der Waals surface area contributed by atoms with Crippen LogP contribution in [-0.2, 0) is 6.42 Å². The van der Waals surface area contributed by atoms with E-state index in [2.05, 4.69) is 37.9 Å². The van der Waals surface area contributed by atoms with Crippen LogP contribution in [0.3, 0.4) is 0 Å². The average molecular weight is 263 g/mol. The van der Waals surface area contributed by atoms with Crippen molar-refractivity contribution in [2.45, 2.75) is 26.3 Å². The summed E-state index contributed by atoms with van der Waals surface area (Å²) >= 11 is 0. The van der Waals surface area contributed by atoms with Crippen LogP contribution in [0, 0.1) is 11.8 Å². The van der Waals surface area contributed by atoms with Crippen molar-refractivity contribution >= 4 is 0 Å². The van der Waals surface area contributed by atoms with E-state index < -0.39 is 0 Å². The zero-order chi connectivity index (χ0) is 14.0. The molecule has 2 rings (SSSR count). The number of hydrogen-bond donors (Lipinski definition) is 1. The molecule has 0 aromatic heterocycles. The summed E-state index contributed by atoms with van der Waals surface area (Å²) in [5.74, 6) is 1.66. The summed E-state index contributed by atoms with van der Waals surface area (Å²) in [6.07, 6.45) is 1.05. The minimum absolute atomic E-state index is 0.234. The topological polar surface area (TPSA) is 32.7 Å². The normalized spacial score (nSPS) is 21.3. The van der Waals surface area contributed by atoms with Gasteiger partial charge in [-0.15, -0.1) is 0 Å². The molecule has 19 heavy (non-hydrogen) atoms. The maximum atomic E-state index is 9.74. The van der Waals surface area contributed by atoms with E-state index in [-0.39, 0.29) is 12.5 Å². The summed E-state index contributed by atoms with van der Waals surface area (Å²) in [7, 11) is 3.86. The van der Waals surface area contributed by atoms with Crippen LogP contribution in [0.1, 0.15) is 31.0 Å². The van der Waals surface area contributed by atoms with Gasteiger partial charge < -0.3 is 9.84 Å². The van der Waals surface area contributed by atoms with E-state index >= 15 is 0 Å². The number of methoxy groups -OCH3 is 1. The molecule has 1 aromatic rings. The van der Waals surface area contributed by atoms with Gasteiger partial charge in [-0.25, -0.2) is 0 Å². The van der Waals surface area contributed by atoms with Gasteiger partial charge in [0.2, 0.25) is 0 Å². The molecule has 0 bridgehead atoms. The van der Waals surface area contributed by atoms with Gasteiger partial charge in [0.05, 0.1) is 7.11 Å². The van der Waals surface area contributed by atoms with Crippen molar-refractivity contribution < 1.29 is 9.84 Å². The third-order valence-corrected chi connectivity index (χ3v) is 4.35. The first kappa shape index (κ1) is 14.4. The highest BCUT2D eigenvalue weighted by Gasteiger charge is 2.33. The number of hydrogen-bond acceptors (Lipinski definition) is 3. The van der Waals surface area contributed by atoms with E-state index in [1.165, 1.54) is 11.1 Å². The lowest BCUT2D eigenvalue weighted by molar-refractivity contribution is 0.0794. The van der Waals surface area contributed by atoms with Gasteiger partial charge in [-0.05, 0) is 42.6 Å². The first-order chi connectivity index (χ1) is 9.08. The third kappa shape index (κ3) is 2.77. The Balaban J connectivity index is 2.40. The summed E-state index contributed by atoms with van der Waals surface area (Å²) in [6.45, 7) is 5.64. The number of nitrogens with zero attached hydrogens (tertiary/aromatic N) is 1.